The van der Waals surface area contributed by atoms with Crippen LogP contribution in [0.15, 0.2) is 22.9 Å². The van der Waals surface area contributed by atoms with Crippen molar-refractivity contribution in [1.29, 1.82) is 0 Å². The molecule has 0 radical (unpaired) electrons. The third-order valence-electron chi connectivity index (χ3n) is 5.67. The predicted molar refractivity (Wildman–Crippen MR) is 114 cm³/mol. The van der Waals surface area contributed by atoms with E-state index >= 15 is 0 Å². The lowest BCUT2D eigenvalue weighted by Crippen LogP contribution is -2.26. The number of hydrogen-bond acceptors (Lipinski definition) is 5. The highest BCUT2D eigenvalue weighted by atomic mass is 32.1. The Labute approximate surface area is 170 Å². The molecule has 0 unspecified atom stereocenters. The molecule has 0 spiro atoms. The maximum absolute atomic E-state index is 11.1. The van der Waals surface area contributed by atoms with Gasteiger partial charge in [-0.2, -0.15) is 0 Å². The van der Waals surface area contributed by atoms with Gasteiger partial charge in [0.05, 0.1) is 18.7 Å². The van der Waals surface area contributed by atoms with Crippen LogP contribution < -0.4 is 4.90 Å². The van der Waals surface area contributed by atoms with Crippen LogP contribution in [0.5, 0.6) is 0 Å². The molecule has 2 aromatic rings. The molecule has 0 aromatic carbocycles. The summed E-state index contributed by atoms with van der Waals surface area (Å²) in [6.45, 7) is 8.28. The Morgan fingerprint density at radius 1 is 1.26 bits per heavy atom. The number of hydrogen-bond donors (Lipinski definition) is 1. The fraction of sp³-hybridized carbons (Fsp3) is 0.619. The average molecular weight is 407 g/mol. The molecule has 1 fully saturated rings. The van der Waals surface area contributed by atoms with E-state index in [-0.39, 0.29) is 6.42 Å². The van der Waals surface area contributed by atoms with Gasteiger partial charge < -0.3 is 10.0 Å². The van der Waals surface area contributed by atoms with Crippen LogP contribution in [0.1, 0.15) is 69.4 Å². The number of thiophene rings is 1. The summed E-state index contributed by atoms with van der Waals surface area (Å²) in [5.41, 5.74) is 1.60. The molecule has 4 nitrogen and oxygen atoms in total. The second-order valence-electron chi connectivity index (χ2n) is 8.61. The summed E-state index contributed by atoms with van der Waals surface area (Å²) in [5, 5.41) is 14.3. The van der Waals surface area contributed by atoms with Gasteiger partial charge in [-0.05, 0) is 48.5 Å². The van der Waals surface area contributed by atoms with Crippen LogP contribution in [-0.4, -0.2) is 22.6 Å². The molecule has 27 heavy (non-hydrogen) atoms. The number of thiazole rings is 1. The van der Waals surface area contributed by atoms with Crippen molar-refractivity contribution in [3.63, 3.8) is 0 Å². The smallest absolute Gasteiger partial charge is 0.305 e. The summed E-state index contributed by atoms with van der Waals surface area (Å²) < 4.78 is 0. The topological polar surface area (TPSA) is 53.4 Å². The minimum atomic E-state index is -0.761. The fourth-order valence-corrected chi connectivity index (χ4v) is 5.58. The van der Waals surface area contributed by atoms with Gasteiger partial charge in [0.15, 0.2) is 5.13 Å². The van der Waals surface area contributed by atoms with Gasteiger partial charge in [-0.25, -0.2) is 4.98 Å². The van der Waals surface area contributed by atoms with E-state index in [1.165, 1.54) is 36.3 Å². The summed E-state index contributed by atoms with van der Waals surface area (Å²) in [6.07, 6.45) is 5.12. The lowest BCUT2D eigenvalue weighted by atomic mass is 9.69. The highest BCUT2D eigenvalue weighted by Gasteiger charge is 2.31. The van der Waals surface area contributed by atoms with E-state index in [9.17, 15) is 4.79 Å². The molecule has 148 valence electrons. The Balaban J connectivity index is 1.67. The van der Waals surface area contributed by atoms with Gasteiger partial charge in [-0.1, -0.05) is 26.8 Å². The number of rotatable bonds is 7. The van der Waals surface area contributed by atoms with Crippen molar-refractivity contribution < 1.29 is 9.90 Å². The van der Waals surface area contributed by atoms with E-state index in [1.54, 1.807) is 22.7 Å². The Hall–Kier alpha value is -1.40. The fourth-order valence-electron chi connectivity index (χ4n) is 3.93. The zero-order chi connectivity index (χ0) is 19.4. The van der Waals surface area contributed by atoms with E-state index < -0.39 is 5.97 Å². The molecule has 0 atom stereocenters. The summed E-state index contributed by atoms with van der Waals surface area (Å²) in [6, 6.07) is 4.14. The van der Waals surface area contributed by atoms with Gasteiger partial charge in [0.2, 0.25) is 0 Å². The number of carboxylic acids is 1. The number of anilines is 1. The van der Waals surface area contributed by atoms with Crippen LogP contribution >= 0.6 is 22.7 Å². The minimum absolute atomic E-state index is 0.136. The first-order chi connectivity index (χ1) is 12.8. The van der Waals surface area contributed by atoms with Crippen LogP contribution in [0, 0.1) is 11.3 Å². The predicted octanol–water partition coefficient (Wildman–Crippen LogP) is 6.01. The van der Waals surface area contributed by atoms with Crippen molar-refractivity contribution in [3.05, 3.63) is 33.5 Å². The van der Waals surface area contributed by atoms with E-state index in [0.717, 1.165) is 17.6 Å². The van der Waals surface area contributed by atoms with Gasteiger partial charge in [0, 0.05) is 22.7 Å². The third kappa shape index (κ3) is 5.55. The number of carbonyl (C=O) groups is 1. The van der Waals surface area contributed by atoms with E-state index in [0.29, 0.717) is 17.9 Å². The lowest BCUT2D eigenvalue weighted by Gasteiger charge is -2.36. The van der Waals surface area contributed by atoms with Gasteiger partial charge in [0.25, 0.3) is 0 Å². The van der Waals surface area contributed by atoms with Crippen molar-refractivity contribution in [3.8, 4) is 0 Å². The molecule has 3 rings (SSSR count). The average Bonchev–Trinajstić information content (AvgIpc) is 3.29. The first-order valence-electron chi connectivity index (χ1n) is 9.77. The molecule has 0 aliphatic heterocycles. The van der Waals surface area contributed by atoms with Gasteiger partial charge >= 0.3 is 5.97 Å². The molecule has 2 heterocycles. The van der Waals surface area contributed by atoms with E-state index in [4.69, 9.17) is 10.1 Å². The van der Waals surface area contributed by atoms with Crippen molar-refractivity contribution in [1.82, 2.24) is 4.98 Å². The second-order valence-corrected chi connectivity index (χ2v) is 10.5. The van der Waals surface area contributed by atoms with Gasteiger partial charge in [0.1, 0.15) is 0 Å². The number of nitrogens with zero attached hydrogens (tertiary/aromatic N) is 2. The molecule has 1 N–H and O–H groups in total. The van der Waals surface area contributed by atoms with Crippen LogP contribution in [0.25, 0.3) is 0 Å². The third-order valence-corrected chi connectivity index (χ3v) is 7.45. The van der Waals surface area contributed by atoms with Crippen molar-refractivity contribution >= 4 is 33.8 Å². The molecule has 1 saturated carbocycles. The van der Waals surface area contributed by atoms with Crippen molar-refractivity contribution in [2.24, 2.45) is 11.3 Å². The zero-order valence-corrected chi connectivity index (χ0v) is 18.1. The molecule has 6 heteroatoms. The SMILES string of the molecule is CC(C)(C)C1CCC(c2csc(N(CCC(=O)O)Cc3cccs3)n2)CC1. The highest BCUT2D eigenvalue weighted by Crippen LogP contribution is 2.43. The van der Waals surface area contributed by atoms with Gasteiger partial charge in [-0.15, -0.1) is 22.7 Å². The van der Waals surface area contributed by atoms with Crippen molar-refractivity contribution in [2.45, 2.75) is 65.3 Å². The van der Waals surface area contributed by atoms with E-state index in [1.807, 2.05) is 6.07 Å². The van der Waals surface area contributed by atoms with Crippen molar-refractivity contribution in [2.75, 3.05) is 11.4 Å². The molecular weight excluding hydrogens is 376 g/mol. The van der Waals surface area contributed by atoms with E-state index in [2.05, 4.69) is 42.5 Å². The Kier molecular flexibility index (Phi) is 6.58. The van der Waals surface area contributed by atoms with Crippen LogP contribution in [0.4, 0.5) is 5.13 Å². The lowest BCUT2D eigenvalue weighted by molar-refractivity contribution is -0.136. The molecule has 0 saturated heterocycles. The zero-order valence-electron chi connectivity index (χ0n) is 16.5. The number of aliphatic carboxylic acids is 1. The Morgan fingerprint density at radius 3 is 2.59 bits per heavy atom. The monoisotopic (exact) mass is 406 g/mol. The largest absolute Gasteiger partial charge is 0.481 e. The summed E-state index contributed by atoms with van der Waals surface area (Å²) in [5.74, 6) is 0.595. The Morgan fingerprint density at radius 2 is 2.00 bits per heavy atom. The number of aromatic nitrogens is 1. The number of carboxylic acid groups (broad SMARTS) is 1. The standard InChI is InChI=1S/C21H30N2O2S2/c1-21(2,3)16-8-6-15(7-9-16)18-14-27-20(22-18)23(11-10-19(24)25)13-17-5-4-12-26-17/h4-5,12,14-16H,6-11,13H2,1-3H3,(H,24,25). The van der Waals surface area contributed by atoms with Crippen LogP contribution in [0.3, 0.4) is 0 Å². The molecular formula is C21H30N2O2S2. The highest BCUT2D eigenvalue weighted by molar-refractivity contribution is 7.13. The molecule has 2 aromatic heterocycles. The maximum Gasteiger partial charge on any atom is 0.305 e. The molecule has 1 aliphatic carbocycles. The quantitative estimate of drug-likeness (QED) is 0.612. The maximum atomic E-state index is 11.1. The normalized spacial score (nSPS) is 20.6. The summed E-state index contributed by atoms with van der Waals surface area (Å²) in [7, 11) is 0. The molecule has 0 bridgehead atoms. The summed E-state index contributed by atoms with van der Waals surface area (Å²) >= 11 is 3.36. The van der Waals surface area contributed by atoms with Crippen LogP contribution in [0.2, 0.25) is 0 Å². The molecule has 1 aliphatic rings. The summed E-state index contributed by atoms with van der Waals surface area (Å²) in [4.78, 5) is 19.4. The molecule has 0 amide bonds. The minimum Gasteiger partial charge on any atom is -0.481 e. The van der Waals surface area contributed by atoms with Gasteiger partial charge in [-0.3, -0.25) is 4.79 Å². The first kappa shape index (κ1) is 20.3. The second kappa shape index (κ2) is 8.74. The Bertz CT molecular complexity index is 726. The first-order valence-corrected chi connectivity index (χ1v) is 11.5. The van der Waals surface area contributed by atoms with Crippen LogP contribution in [-0.2, 0) is 11.3 Å².